The van der Waals surface area contributed by atoms with Gasteiger partial charge < -0.3 is 15.2 Å². The highest BCUT2D eigenvalue weighted by atomic mass is 79.9. The van der Waals surface area contributed by atoms with Crippen LogP contribution in [0.15, 0.2) is 59.1 Å². The molecule has 0 saturated heterocycles. The van der Waals surface area contributed by atoms with Crippen molar-refractivity contribution in [1.29, 1.82) is 0 Å². The van der Waals surface area contributed by atoms with Crippen LogP contribution in [0.5, 0.6) is 5.75 Å². The first-order valence-electron chi connectivity index (χ1n) is 6.09. The molecule has 0 aromatic heterocycles. The Labute approximate surface area is 121 Å². The predicted octanol–water partition coefficient (Wildman–Crippen LogP) is 3.30. The lowest BCUT2D eigenvalue weighted by Crippen LogP contribution is -2.26. The number of para-hydroxylation sites is 1. The van der Waals surface area contributed by atoms with Crippen LogP contribution in [0.25, 0.3) is 0 Å². The van der Waals surface area contributed by atoms with Crippen LogP contribution in [-0.4, -0.2) is 24.4 Å². The molecule has 0 aliphatic heterocycles. The summed E-state index contributed by atoms with van der Waals surface area (Å²) in [6.45, 7) is 0.717. The van der Waals surface area contributed by atoms with Crippen LogP contribution < -0.4 is 10.1 Å². The van der Waals surface area contributed by atoms with Crippen molar-refractivity contribution in [2.24, 2.45) is 0 Å². The van der Waals surface area contributed by atoms with Gasteiger partial charge in [-0.25, -0.2) is 0 Å². The predicted molar refractivity (Wildman–Crippen MR) is 80.6 cm³/mol. The third kappa shape index (κ3) is 4.93. The van der Waals surface area contributed by atoms with Gasteiger partial charge in [0.2, 0.25) is 0 Å². The fourth-order valence-corrected chi connectivity index (χ4v) is 1.98. The topological polar surface area (TPSA) is 41.5 Å². The van der Waals surface area contributed by atoms with Crippen LogP contribution in [0.3, 0.4) is 0 Å². The minimum absolute atomic E-state index is 0.260. The number of ether oxygens (including phenoxy) is 1. The van der Waals surface area contributed by atoms with Gasteiger partial charge in [0.25, 0.3) is 0 Å². The summed E-state index contributed by atoms with van der Waals surface area (Å²) in [6, 6.07) is 17.3. The summed E-state index contributed by atoms with van der Waals surface area (Å²) >= 11 is 3.38. The molecule has 1 atom stereocenters. The minimum Gasteiger partial charge on any atom is -0.491 e. The number of benzene rings is 2. The number of hydrogen-bond acceptors (Lipinski definition) is 3. The largest absolute Gasteiger partial charge is 0.491 e. The first-order valence-corrected chi connectivity index (χ1v) is 6.89. The van der Waals surface area contributed by atoms with Crippen molar-refractivity contribution in [1.82, 2.24) is 0 Å². The molecule has 3 nitrogen and oxygen atoms in total. The van der Waals surface area contributed by atoms with Crippen LogP contribution in [0.4, 0.5) is 5.69 Å². The van der Waals surface area contributed by atoms with Gasteiger partial charge in [0.1, 0.15) is 18.5 Å². The Morgan fingerprint density at radius 2 is 1.89 bits per heavy atom. The third-order valence-corrected chi connectivity index (χ3v) is 3.05. The third-order valence-electron chi connectivity index (χ3n) is 2.55. The standard InChI is InChI=1S/C15H16BrNO2/c16-12-5-4-8-15(9-12)19-11-14(18)10-17-13-6-2-1-3-7-13/h1-9,14,17-18H,10-11H2. The van der Waals surface area contributed by atoms with E-state index in [1.165, 1.54) is 0 Å². The van der Waals surface area contributed by atoms with Crippen LogP contribution in [0.2, 0.25) is 0 Å². The number of nitrogens with one attached hydrogen (secondary N) is 1. The maximum absolute atomic E-state index is 9.84. The fraction of sp³-hybridized carbons (Fsp3) is 0.200. The summed E-state index contributed by atoms with van der Waals surface area (Å²) in [7, 11) is 0. The van der Waals surface area contributed by atoms with Gasteiger partial charge in [0.15, 0.2) is 0 Å². The molecule has 1 unspecified atom stereocenters. The molecule has 2 aromatic carbocycles. The lowest BCUT2D eigenvalue weighted by Gasteiger charge is -2.14. The molecule has 4 heteroatoms. The number of halogens is 1. The Hall–Kier alpha value is -1.52. The quantitative estimate of drug-likeness (QED) is 0.857. The average Bonchev–Trinajstić information content (AvgIpc) is 2.44. The van der Waals surface area contributed by atoms with Crippen molar-refractivity contribution in [2.75, 3.05) is 18.5 Å². The van der Waals surface area contributed by atoms with Gasteiger partial charge in [0, 0.05) is 16.7 Å². The first kappa shape index (κ1) is 13.9. The second kappa shape index (κ2) is 7.16. The Bertz CT molecular complexity index is 505. The molecular formula is C15H16BrNO2. The highest BCUT2D eigenvalue weighted by Gasteiger charge is 2.05. The Morgan fingerprint density at radius 1 is 1.11 bits per heavy atom. The monoisotopic (exact) mass is 321 g/mol. The molecule has 2 rings (SSSR count). The highest BCUT2D eigenvalue weighted by Crippen LogP contribution is 2.17. The van der Waals surface area contributed by atoms with Crippen molar-refractivity contribution < 1.29 is 9.84 Å². The smallest absolute Gasteiger partial charge is 0.120 e. The molecule has 0 fully saturated rings. The van der Waals surface area contributed by atoms with Crippen molar-refractivity contribution >= 4 is 21.6 Å². The molecule has 19 heavy (non-hydrogen) atoms. The normalized spacial score (nSPS) is 11.9. The molecular weight excluding hydrogens is 306 g/mol. The van der Waals surface area contributed by atoms with Crippen LogP contribution in [-0.2, 0) is 0 Å². The van der Waals surface area contributed by atoms with Crippen molar-refractivity contribution in [3.05, 3.63) is 59.1 Å². The lowest BCUT2D eigenvalue weighted by atomic mass is 10.3. The van der Waals surface area contributed by atoms with E-state index < -0.39 is 6.10 Å². The zero-order chi connectivity index (χ0) is 13.5. The Morgan fingerprint density at radius 3 is 2.63 bits per heavy atom. The summed E-state index contributed by atoms with van der Waals surface area (Å²) in [4.78, 5) is 0. The Kier molecular flexibility index (Phi) is 5.24. The Balaban J connectivity index is 1.74. The van der Waals surface area contributed by atoms with E-state index >= 15 is 0 Å². The number of anilines is 1. The molecule has 0 radical (unpaired) electrons. The van der Waals surface area contributed by atoms with Crippen molar-refractivity contribution in [3.63, 3.8) is 0 Å². The van der Waals surface area contributed by atoms with Crippen LogP contribution in [0, 0.1) is 0 Å². The number of aliphatic hydroxyl groups is 1. The summed E-state index contributed by atoms with van der Waals surface area (Å²) in [5.74, 6) is 0.744. The van der Waals surface area contributed by atoms with E-state index in [1.807, 2.05) is 54.6 Å². The molecule has 2 aromatic rings. The summed E-state index contributed by atoms with van der Waals surface area (Å²) < 4.78 is 6.48. The zero-order valence-electron chi connectivity index (χ0n) is 10.4. The first-order chi connectivity index (χ1) is 9.24. The average molecular weight is 322 g/mol. The van der Waals surface area contributed by atoms with E-state index in [0.717, 1.165) is 15.9 Å². The van der Waals surface area contributed by atoms with E-state index in [0.29, 0.717) is 6.54 Å². The van der Waals surface area contributed by atoms with Gasteiger partial charge >= 0.3 is 0 Å². The maximum atomic E-state index is 9.84. The summed E-state index contributed by atoms with van der Waals surface area (Å²) in [5.41, 5.74) is 0.990. The van der Waals surface area contributed by atoms with E-state index in [1.54, 1.807) is 0 Å². The van der Waals surface area contributed by atoms with E-state index in [-0.39, 0.29) is 6.61 Å². The van der Waals surface area contributed by atoms with Crippen LogP contribution in [0.1, 0.15) is 0 Å². The van der Waals surface area contributed by atoms with Gasteiger partial charge in [-0.2, -0.15) is 0 Å². The lowest BCUT2D eigenvalue weighted by molar-refractivity contribution is 0.117. The van der Waals surface area contributed by atoms with Gasteiger partial charge in [-0.3, -0.25) is 0 Å². The minimum atomic E-state index is -0.556. The van der Waals surface area contributed by atoms with Crippen LogP contribution >= 0.6 is 15.9 Å². The maximum Gasteiger partial charge on any atom is 0.120 e. The number of aliphatic hydroxyl groups excluding tert-OH is 1. The van der Waals surface area contributed by atoms with Gasteiger partial charge in [0.05, 0.1) is 0 Å². The molecule has 100 valence electrons. The molecule has 0 amide bonds. The van der Waals surface area contributed by atoms with E-state index in [2.05, 4.69) is 21.2 Å². The van der Waals surface area contributed by atoms with Crippen molar-refractivity contribution in [2.45, 2.75) is 6.10 Å². The summed E-state index contributed by atoms with van der Waals surface area (Å²) in [6.07, 6.45) is -0.556. The van der Waals surface area contributed by atoms with E-state index in [9.17, 15) is 5.11 Å². The molecule has 0 spiro atoms. The van der Waals surface area contributed by atoms with Gasteiger partial charge in [-0.15, -0.1) is 0 Å². The number of hydrogen-bond donors (Lipinski definition) is 2. The molecule has 0 heterocycles. The fourth-order valence-electron chi connectivity index (χ4n) is 1.60. The zero-order valence-corrected chi connectivity index (χ0v) is 12.0. The van der Waals surface area contributed by atoms with E-state index in [4.69, 9.17) is 4.74 Å². The van der Waals surface area contributed by atoms with Crippen molar-refractivity contribution in [3.8, 4) is 5.75 Å². The number of rotatable bonds is 6. The second-order valence-electron chi connectivity index (χ2n) is 4.17. The molecule has 0 saturated carbocycles. The summed E-state index contributed by atoms with van der Waals surface area (Å²) in [5, 5.41) is 13.0. The highest BCUT2D eigenvalue weighted by molar-refractivity contribution is 9.10. The van der Waals surface area contributed by atoms with Gasteiger partial charge in [-0.1, -0.05) is 40.2 Å². The molecule has 0 aliphatic carbocycles. The molecule has 2 N–H and O–H groups in total. The second-order valence-corrected chi connectivity index (χ2v) is 5.08. The molecule has 0 bridgehead atoms. The molecule has 0 aliphatic rings. The SMILES string of the molecule is OC(CNc1ccccc1)COc1cccc(Br)c1. The van der Waals surface area contributed by atoms with Gasteiger partial charge in [-0.05, 0) is 30.3 Å².